The van der Waals surface area contributed by atoms with Gasteiger partial charge in [-0.2, -0.15) is 5.10 Å². The van der Waals surface area contributed by atoms with E-state index in [1.807, 2.05) is 0 Å². The van der Waals surface area contributed by atoms with Crippen molar-refractivity contribution in [3.8, 4) is 17.4 Å². The van der Waals surface area contributed by atoms with Crippen LogP contribution in [0.2, 0.25) is 0 Å². The molecule has 1 amide bonds. The van der Waals surface area contributed by atoms with Gasteiger partial charge in [-0.1, -0.05) is 18.2 Å². The minimum absolute atomic E-state index is 0.174. The van der Waals surface area contributed by atoms with Gasteiger partial charge in [-0.25, -0.2) is 24.0 Å². The molecule has 10 heteroatoms. The fraction of sp³-hybridized carbons (Fsp3) is 0.211. The summed E-state index contributed by atoms with van der Waals surface area (Å²) in [6, 6.07) is 8.09. The highest BCUT2D eigenvalue weighted by atomic mass is 19.1. The third-order valence-corrected chi connectivity index (χ3v) is 5.27. The van der Waals surface area contributed by atoms with Crippen molar-refractivity contribution in [2.45, 2.75) is 18.9 Å². The molecule has 3 aromatic rings. The molecule has 146 valence electrons. The van der Waals surface area contributed by atoms with Crippen LogP contribution in [0.3, 0.4) is 0 Å². The van der Waals surface area contributed by atoms with Crippen molar-refractivity contribution in [1.82, 2.24) is 19.7 Å². The lowest BCUT2D eigenvalue weighted by Gasteiger charge is -2.14. The largest absolute Gasteiger partial charge is 0.481 e. The van der Waals surface area contributed by atoms with E-state index in [0.29, 0.717) is 34.3 Å². The smallest absolute Gasteiger partial charge is 0.243 e. The predicted octanol–water partition coefficient (Wildman–Crippen LogP) is 1.75. The third kappa shape index (κ3) is 2.35. The van der Waals surface area contributed by atoms with E-state index in [1.165, 1.54) is 17.9 Å². The standard InChI is InChI=1S/C19H16FN7O2/c1-19-13-15(24-17(19)21)22-14(23-16(13)25-18(19)28)11-7-12(29-2)27(26-11)8-9-5-3-4-6-10(9)20/h3-7H,8H2,1-2H3,(H3,21,22,23,24,25,28). The molecule has 3 N–H and O–H groups in total. The van der Waals surface area contributed by atoms with Crippen LogP contribution >= 0.6 is 0 Å². The van der Waals surface area contributed by atoms with Gasteiger partial charge in [-0.15, -0.1) is 0 Å². The summed E-state index contributed by atoms with van der Waals surface area (Å²) in [6.07, 6.45) is 0. The minimum Gasteiger partial charge on any atom is -0.481 e. The number of halogens is 1. The van der Waals surface area contributed by atoms with Gasteiger partial charge in [0.05, 0.1) is 19.2 Å². The molecular weight excluding hydrogens is 377 g/mol. The normalized spacial score (nSPS) is 19.1. The summed E-state index contributed by atoms with van der Waals surface area (Å²) in [4.78, 5) is 25.5. The van der Waals surface area contributed by atoms with E-state index in [1.54, 1.807) is 31.2 Å². The Labute approximate surface area is 164 Å². The predicted molar refractivity (Wildman–Crippen MR) is 103 cm³/mol. The van der Waals surface area contributed by atoms with Crippen LogP contribution in [-0.2, 0) is 16.8 Å². The second kappa shape index (κ2) is 5.84. The van der Waals surface area contributed by atoms with E-state index in [9.17, 15) is 9.18 Å². The van der Waals surface area contributed by atoms with Crippen molar-refractivity contribution in [2.24, 2.45) is 10.7 Å². The Kier molecular flexibility index (Phi) is 3.48. The maximum atomic E-state index is 14.0. The van der Waals surface area contributed by atoms with E-state index in [4.69, 9.17) is 10.5 Å². The highest BCUT2D eigenvalue weighted by molar-refractivity contribution is 6.24. The van der Waals surface area contributed by atoms with Gasteiger partial charge in [0.15, 0.2) is 11.6 Å². The zero-order valence-electron chi connectivity index (χ0n) is 15.6. The van der Waals surface area contributed by atoms with E-state index >= 15 is 0 Å². The number of ether oxygens (including phenoxy) is 1. The van der Waals surface area contributed by atoms with E-state index < -0.39 is 5.41 Å². The molecule has 1 aromatic carbocycles. The summed E-state index contributed by atoms with van der Waals surface area (Å²) < 4.78 is 20.9. The van der Waals surface area contributed by atoms with Crippen LogP contribution in [0.25, 0.3) is 11.5 Å². The average molecular weight is 393 g/mol. The summed E-state index contributed by atoms with van der Waals surface area (Å²) in [5.41, 5.74) is 6.37. The maximum absolute atomic E-state index is 14.0. The Morgan fingerprint density at radius 1 is 1.31 bits per heavy atom. The van der Waals surface area contributed by atoms with Gasteiger partial charge in [-0.3, -0.25) is 4.79 Å². The first-order chi connectivity index (χ1) is 13.9. The molecule has 2 aliphatic heterocycles. The van der Waals surface area contributed by atoms with Crippen LogP contribution in [0, 0.1) is 5.82 Å². The summed E-state index contributed by atoms with van der Waals surface area (Å²) in [5.74, 6) is 0.933. The van der Waals surface area contributed by atoms with Crippen molar-refractivity contribution < 1.29 is 13.9 Å². The second-order valence-electron chi connectivity index (χ2n) is 6.99. The fourth-order valence-electron chi connectivity index (χ4n) is 3.59. The number of hydrogen-bond acceptors (Lipinski definition) is 7. The van der Waals surface area contributed by atoms with Crippen LogP contribution in [0.5, 0.6) is 5.88 Å². The zero-order valence-corrected chi connectivity index (χ0v) is 15.6. The summed E-state index contributed by atoms with van der Waals surface area (Å²) in [6.45, 7) is 1.87. The molecule has 0 spiro atoms. The van der Waals surface area contributed by atoms with Gasteiger partial charge in [0.25, 0.3) is 0 Å². The van der Waals surface area contributed by atoms with E-state index in [2.05, 4.69) is 25.4 Å². The topological polar surface area (TPSA) is 120 Å². The van der Waals surface area contributed by atoms with Gasteiger partial charge in [0.1, 0.15) is 28.6 Å². The van der Waals surface area contributed by atoms with Crippen LogP contribution < -0.4 is 15.8 Å². The number of nitrogens with one attached hydrogen (secondary N) is 1. The number of amides is 1. The van der Waals surface area contributed by atoms with Crippen LogP contribution in [0.15, 0.2) is 35.3 Å². The number of nitrogens with two attached hydrogens (primary N) is 1. The summed E-state index contributed by atoms with van der Waals surface area (Å²) in [7, 11) is 1.50. The van der Waals surface area contributed by atoms with Crippen LogP contribution in [-0.4, -0.2) is 38.6 Å². The number of amidine groups is 1. The number of benzene rings is 1. The molecule has 5 rings (SSSR count). The molecule has 9 nitrogen and oxygen atoms in total. The van der Waals surface area contributed by atoms with Gasteiger partial charge in [0.2, 0.25) is 11.8 Å². The monoisotopic (exact) mass is 393 g/mol. The maximum Gasteiger partial charge on any atom is 0.243 e. The number of anilines is 1. The number of aromatic nitrogens is 4. The first-order valence-electron chi connectivity index (χ1n) is 8.86. The molecule has 4 heterocycles. The van der Waals surface area contributed by atoms with Gasteiger partial charge in [-0.05, 0) is 13.0 Å². The molecule has 1 unspecified atom stereocenters. The first kappa shape index (κ1) is 17.3. The lowest BCUT2D eigenvalue weighted by Crippen LogP contribution is -2.42. The molecule has 0 saturated heterocycles. The Bertz CT molecular complexity index is 1220. The average Bonchev–Trinajstić information content (AvgIpc) is 3.31. The molecule has 0 saturated carbocycles. The first-order valence-corrected chi connectivity index (χ1v) is 8.86. The molecule has 1 atom stereocenters. The lowest BCUT2D eigenvalue weighted by molar-refractivity contribution is -0.118. The highest BCUT2D eigenvalue weighted by Gasteiger charge is 2.53. The Morgan fingerprint density at radius 3 is 2.86 bits per heavy atom. The molecule has 0 aliphatic carbocycles. The molecule has 29 heavy (non-hydrogen) atoms. The molecule has 0 fully saturated rings. The van der Waals surface area contributed by atoms with Crippen molar-refractivity contribution in [3.05, 3.63) is 47.3 Å². The van der Waals surface area contributed by atoms with E-state index in [0.717, 1.165) is 0 Å². The minimum atomic E-state index is -1.05. The number of aliphatic imine (C=N–C) groups is 1. The van der Waals surface area contributed by atoms with Gasteiger partial charge < -0.3 is 15.8 Å². The third-order valence-electron chi connectivity index (χ3n) is 5.27. The zero-order chi connectivity index (χ0) is 20.3. The number of methoxy groups -OCH3 is 1. The van der Waals surface area contributed by atoms with Crippen molar-refractivity contribution in [3.63, 3.8) is 0 Å². The number of nitrogens with zero attached hydrogens (tertiary/aromatic N) is 5. The molecule has 0 radical (unpaired) electrons. The van der Waals surface area contributed by atoms with Crippen LogP contribution in [0.4, 0.5) is 16.0 Å². The fourth-order valence-corrected chi connectivity index (χ4v) is 3.59. The summed E-state index contributed by atoms with van der Waals surface area (Å²) >= 11 is 0. The number of hydrogen-bond donors (Lipinski definition) is 2. The number of carbonyl (C=O) groups excluding carboxylic acids is 1. The lowest BCUT2D eigenvalue weighted by atomic mass is 9.85. The Morgan fingerprint density at radius 2 is 2.10 bits per heavy atom. The molecular formula is C19H16FN7O2. The molecule has 2 aliphatic rings. The van der Waals surface area contributed by atoms with E-state index in [-0.39, 0.29) is 29.9 Å². The van der Waals surface area contributed by atoms with Crippen LogP contribution in [0.1, 0.15) is 18.1 Å². The number of carbonyl (C=O) groups is 1. The highest BCUT2D eigenvalue weighted by Crippen LogP contribution is 2.47. The summed E-state index contributed by atoms with van der Waals surface area (Å²) in [5, 5.41) is 7.20. The number of rotatable bonds is 4. The second-order valence-corrected chi connectivity index (χ2v) is 6.99. The van der Waals surface area contributed by atoms with Crippen molar-refractivity contribution >= 4 is 23.4 Å². The van der Waals surface area contributed by atoms with Gasteiger partial charge >= 0.3 is 0 Å². The molecule has 2 aromatic heterocycles. The van der Waals surface area contributed by atoms with Crippen molar-refractivity contribution in [2.75, 3.05) is 12.4 Å². The van der Waals surface area contributed by atoms with Crippen molar-refractivity contribution in [1.29, 1.82) is 0 Å². The SMILES string of the molecule is COc1cc(-c2nc3c4c(n2)NC(=O)C4(C)C(N)=N3)nn1Cc1ccccc1F. The quantitative estimate of drug-likeness (QED) is 0.697. The van der Waals surface area contributed by atoms with Gasteiger partial charge in [0, 0.05) is 11.6 Å². The molecule has 0 bridgehead atoms. The Hall–Kier alpha value is -3.82. The Balaban J connectivity index is 1.58.